The number of hydrogen-bond donors (Lipinski definition) is 1. The molecule has 94 valence electrons. The highest BCUT2D eigenvalue weighted by atomic mass is 32.1. The number of thiocarbonyl (C=S) groups is 1. The van der Waals surface area contributed by atoms with Gasteiger partial charge in [0.2, 0.25) is 0 Å². The van der Waals surface area contributed by atoms with E-state index in [0.717, 1.165) is 23.6 Å². The summed E-state index contributed by atoms with van der Waals surface area (Å²) in [5.41, 5.74) is 6.37. The maximum absolute atomic E-state index is 5.63. The van der Waals surface area contributed by atoms with Crippen molar-refractivity contribution in [2.24, 2.45) is 12.8 Å². The molecular formula is C13H15N3OS. The molecule has 0 aliphatic rings. The van der Waals surface area contributed by atoms with Gasteiger partial charge in [-0.2, -0.15) is 0 Å². The molecule has 0 atom stereocenters. The zero-order valence-electron chi connectivity index (χ0n) is 10.2. The molecule has 4 nitrogen and oxygen atoms in total. The van der Waals surface area contributed by atoms with Gasteiger partial charge in [-0.25, -0.2) is 4.98 Å². The van der Waals surface area contributed by atoms with Crippen molar-refractivity contribution < 1.29 is 4.74 Å². The van der Waals surface area contributed by atoms with Crippen molar-refractivity contribution in [3.05, 3.63) is 48.0 Å². The second-order valence-corrected chi connectivity index (χ2v) is 4.38. The van der Waals surface area contributed by atoms with Gasteiger partial charge in [-0.05, 0) is 24.3 Å². The van der Waals surface area contributed by atoms with Crippen molar-refractivity contribution in [1.82, 2.24) is 9.55 Å². The van der Waals surface area contributed by atoms with Crippen molar-refractivity contribution in [3.63, 3.8) is 0 Å². The van der Waals surface area contributed by atoms with E-state index < -0.39 is 0 Å². The molecule has 1 aromatic heterocycles. The van der Waals surface area contributed by atoms with E-state index in [1.165, 1.54) is 0 Å². The summed E-state index contributed by atoms with van der Waals surface area (Å²) < 4.78 is 7.62. The van der Waals surface area contributed by atoms with E-state index in [0.29, 0.717) is 11.6 Å². The Kier molecular flexibility index (Phi) is 3.94. The van der Waals surface area contributed by atoms with E-state index >= 15 is 0 Å². The SMILES string of the molecule is Cn1ccnc1CCOc1ccc(C(N)=S)cc1. The third-order valence-corrected chi connectivity index (χ3v) is 2.89. The van der Waals surface area contributed by atoms with Crippen LogP contribution in [0.15, 0.2) is 36.7 Å². The number of hydrogen-bond acceptors (Lipinski definition) is 3. The average molecular weight is 261 g/mol. The van der Waals surface area contributed by atoms with Crippen LogP contribution in [0.25, 0.3) is 0 Å². The minimum Gasteiger partial charge on any atom is -0.493 e. The molecular weight excluding hydrogens is 246 g/mol. The second kappa shape index (κ2) is 5.64. The van der Waals surface area contributed by atoms with Gasteiger partial charge in [0.15, 0.2) is 0 Å². The standard InChI is InChI=1S/C13H15N3OS/c1-16-8-7-15-12(16)6-9-17-11-4-2-10(3-5-11)13(14)18/h2-5,7-8H,6,9H2,1H3,(H2,14,18). The molecule has 0 spiro atoms. The number of benzene rings is 1. The van der Waals surface area contributed by atoms with Gasteiger partial charge in [-0.3, -0.25) is 0 Å². The fourth-order valence-corrected chi connectivity index (χ4v) is 1.75. The van der Waals surface area contributed by atoms with E-state index in [9.17, 15) is 0 Å². The number of aryl methyl sites for hydroxylation is 1. The lowest BCUT2D eigenvalue weighted by molar-refractivity contribution is 0.317. The minimum absolute atomic E-state index is 0.398. The molecule has 2 aromatic rings. The van der Waals surface area contributed by atoms with Crippen LogP contribution in [0.5, 0.6) is 5.75 Å². The third kappa shape index (κ3) is 3.07. The van der Waals surface area contributed by atoms with Crippen LogP contribution in [-0.4, -0.2) is 21.1 Å². The Hall–Kier alpha value is -1.88. The van der Waals surface area contributed by atoms with Crippen molar-refractivity contribution in [3.8, 4) is 5.75 Å². The Morgan fingerprint density at radius 2 is 2.11 bits per heavy atom. The molecule has 1 aromatic carbocycles. The van der Waals surface area contributed by atoms with Crippen molar-refractivity contribution in [2.45, 2.75) is 6.42 Å². The van der Waals surface area contributed by atoms with Gasteiger partial charge in [0.1, 0.15) is 16.6 Å². The number of nitrogens with two attached hydrogens (primary N) is 1. The lowest BCUT2D eigenvalue weighted by Gasteiger charge is -2.07. The maximum Gasteiger partial charge on any atom is 0.119 e. The molecule has 0 bridgehead atoms. The Balaban J connectivity index is 1.87. The lowest BCUT2D eigenvalue weighted by Crippen LogP contribution is -2.09. The Labute approximate surface area is 111 Å². The molecule has 0 aliphatic carbocycles. The first kappa shape index (κ1) is 12.6. The molecule has 0 unspecified atom stereocenters. The van der Waals surface area contributed by atoms with Crippen LogP contribution >= 0.6 is 12.2 Å². The van der Waals surface area contributed by atoms with Crippen molar-refractivity contribution in [1.29, 1.82) is 0 Å². The molecule has 5 heteroatoms. The number of rotatable bonds is 5. The molecule has 0 saturated carbocycles. The van der Waals surface area contributed by atoms with Crippen LogP contribution in [0.1, 0.15) is 11.4 Å². The molecule has 0 aliphatic heterocycles. The highest BCUT2D eigenvalue weighted by Gasteiger charge is 2.01. The Bertz CT molecular complexity index is 533. The van der Waals surface area contributed by atoms with Gasteiger partial charge >= 0.3 is 0 Å². The molecule has 18 heavy (non-hydrogen) atoms. The van der Waals surface area contributed by atoms with E-state index in [-0.39, 0.29) is 0 Å². The molecule has 2 N–H and O–H groups in total. The highest BCUT2D eigenvalue weighted by Crippen LogP contribution is 2.12. The summed E-state index contributed by atoms with van der Waals surface area (Å²) in [4.78, 5) is 4.63. The first-order chi connectivity index (χ1) is 8.66. The van der Waals surface area contributed by atoms with Gasteiger partial charge in [0.25, 0.3) is 0 Å². The van der Waals surface area contributed by atoms with Crippen LogP contribution in [0, 0.1) is 0 Å². The first-order valence-electron chi connectivity index (χ1n) is 5.65. The van der Waals surface area contributed by atoms with Crippen LogP contribution in [0.3, 0.4) is 0 Å². The van der Waals surface area contributed by atoms with Gasteiger partial charge in [-0.1, -0.05) is 12.2 Å². The molecule has 2 rings (SSSR count). The number of imidazole rings is 1. The van der Waals surface area contributed by atoms with Gasteiger partial charge < -0.3 is 15.0 Å². The second-order valence-electron chi connectivity index (χ2n) is 3.94. The molecule has 0 radical (unpaired) electrons. The largest absolute Gasteiger partial charge is 0.493 e. The Morgan fingerprint density at radius 1 is 1.39 bits per heavy atom. The summed E-state index contributed by atoms with van der Waals surface area (Å²) in [5.74, 6) is 1.82. The normalized spacial score (nSPS) is 10.3. The predicted octanol–water partition coefficient (Wildman–Crippen LogP) is 1.68. The lowest BCUT2D eigenvalue weighted by atomic mass is 10.2. The number of ether oxygens (including phenoxy) is 1. The maximum atomic E-state index is 5.63. The van der Waals surface area contributed by atoms with E-state index in [1.54, 1.807) is 6.20 Å². The first-order valence-corrected chi connectivity index (χ1v) is 6.06. The number of nitrogens with zero attached hydrogens (tertiary/aromatic N) is 2. The van der Waals surface area contributed by atoms with E-state index in [2.05, 4.69) is 4.98 Å². The molecule has 1 heterocycles. The van der Waals surface area contributed by atoms with Crippen molar-refractivity contribution in [2.75, 3.05) is 6.61 Å². The fraction of sp³-hybridized carbons (Fsp3) is 0.231. The van der Waals surface area contributed by atoms with Crippen molar-refractivity contribution >= 4 is 17.2 Å². The minimum atomic E-state index is 0.398. The van der Waals surface area contributed by atoms with Crippen LogP contribution in [0.2, 0.25) is 0 Å². The highest BCUT2D eigenvalue weighted by molar-refractivity contribution is 7.80. The average Bonchev–Trinajstić information content (AvgIpc) is 2.76. The topological polar surface area (TPSA) is 53.1 Å². The van der Waals surface area contributed by atoms with Crippen LogP contribution in [-0.2, 0) is 13.5 Å². The van der Waals surface area contributed by atoms with Crippen LogP contribution in [0.4, 0.5) is 0 Å². The zero-order chi connectivity index (χ0) is 13.0. The Morgan fingerprint density at radius 3 is 2.67 bits per heavy atom. The summed E-state index contributed by atoms with van der Waals surface area (Å²) in [6.07, 6.45) is 4.49. The third-order valence-electron chi connectivity index (χ3n) is 2.65. The smallest absolute Gasteiger partial charge is 0.119 e. The molecule has 0 amide bonds. The van der Waals surface area contributed by atoms with E-state index in [4.69, 9.17) is 22.7 Å². The predicted molar refractivity (Wildman–Crippen MR) is 74.7 cm³/mol. The monoisotopic (exact) mass is 261 g/mol. The summed E-state index contributed by atoms with van der Waals surface area (Å²) in [6.45, 7) is 0.595. The summed E-state index contributed by atoms with van der Waals surface area (Å²) in [6, 6.07) is 7.46. The van der Waals surface area contributed by atoms with E-state index in [1.807, 2.05) is 42.1 Å². The van der Waals surface area contributed by atoms with Gasteiger partial charge in [0, 0.05) is 31.4 Å². The molecule has 0 saturated heterocycles. The number of aromatic nitrogens is 2. The molecule has 0 fully saturated rings. The summed E-state index contributed by atoms with van der Waals surface area (Å²) in [7, 11) is 1.97. The fourth-order valence-electron chi connectivity index (χ4n) is 1.61. The zero-order valence-corrected chi connectivity index (χ0v) is 11.0. The quantitative estimate of drug-likeness (QED) is 0.832. The van der Waals surface area contributed by atoms with Gasteiger partial charge in [-0.15, -0.1) is 0 Å². The van der Waals surface area contributed by atoms with Gasteiger partial charge in [0.05, 0.1) is 6.61 Å². The van der Waals surface area contributed by atoms with Crippen LogP contribution < -0.4 is 10.5 Å². The summed E-state index contributed by atoms with van der Waals surface area (Å²) in [5, 5.41) is 0. The summed E-state index contributed by atoms with van der Waals surface area (Å²) >= 11 is 4.89.